The summed E-state index contributed by atoms with van der Waals surface area (Å²) in [6, 6.07) is 8.10. The summed E-state index contributed by atoms with van der Waals surface area (Å²) in [6.45, 7) is 3.47. The van der Waals surface area contributed by atoms with Crippen molar-refractivity contribution in [3.8, 4) is 0 Å². The molecule has 0 spiro atoms. The Morgan fingerprint density at radius 1 is 1.47 bits per heavy atom. The Labute approximate surface area is 106 Å². The summed E-state index contributed by atoms with van der Waals surface area (Å²) in [5, 5.41) is 0. The maximum Gasteiger partial charge on any atom is 0.227 e. The lowest BCUT2D eigenvalue weighted by atomic mass is 10.1. The van der Waals surface area contributed by atoms with Crippen LogP contribution in [0, 0.1) is 5.92 Å². The summed E-state index contributed by atoms with van der Waals surface area (Å²) in [5.41, 5.74) is 6.69. The van der Waals surface area contributed by atoms with Gasteiger partial charge in [0.15, 0.2) is 0 Å². The van der Waals surface area contributed by atoms with Gasteiger partial charge in [0.05, 0.1) is 5.69 Å². The van der Waals surface area contributed by atoms with E-state index in [1.165, 1.54) is 4.90 Å². The summed E-state index contributed by atoms with van der Waals surface area (Å²) < 4.78 is 0. The maximum absolute atomic E-state index is 12.0. The van der Waals surface area contributed by atoms with E-state index in [-0.39, 0.29) is 5.91 Å². The minimum absolute atomic E-state index is 0.199. The third-order valence-electron chi connectivity index (χ3n) is 2.99. The molecular weight excluding hydrogens is 232 g/mol. The van der Waals surface area contributed by atoms with Crippen molar-refractivity contribution in [3.05, 3.63) is 24.3 Å². The Morgan fingerprint density at radius 3 is 2.88 bits per heavy atom. The van der Waals surface area contributed by atoms with Gasteiger partial charge in [0.25, 0.3) is 0 Å². The molecule has 1 fully saturated rings. The van der Waals surface area contributed by atoms with E-state index in [0.29, 0.717) is 18.9 Å². The summed E-state index contributed by atoms with van der Waals surface area (Å²) >= 11 is 1.77. The first kappa shape index (κ1) is 12.5. The smallest absolute Gasteiger partial charge is 0.227 e. The first-order valence-electron chi connectivity index (χ1n) is 5.98. The predicted octanol–water partition coefficient (Wildman–Crippen LogP) is 2.11. The van der Waals surface area contributed by atoms with E-state index in [0.717, 1.165) is 18.0 Å². The van der Waals surface area contributed by atoms with Gasteiger partial charge in [-0.15, -0.1) is 11.8 Å². The zero-order chi connectivity index (χ0) is 12.3. The normalized spacial score (nSPS) is 20.0. The van der Waals surface area contributed by atoms with Crippen LogP contribution < -0.4 is 10.6 Å². The highest BCUT2D eigenvalue weighted by Crippen LogP contribution is 2.33. The van der Waals surface area contributed by atoms with Crippen LogP contribution in [0.4, 0.5) is 5.69 Å². The van der Waals surface area contributed by atoms with Crippen LogP contribution in [0.2, 0.25) is 0 Å². The van der Waals surface area contributed by atoms with Crippen molar-refractivity contribution < 1.29 is 4.79 Å². The average molecular weight is 250 g/mol. The van der Waals surface area contributed by atoms with Gasteiger partial charge in [-0.1, -0.05) is 19.1 Å². The van der Waals surface area contributed by atoms with E-state index in [4.69, 9.17) is 5.73 Å². The number of thioether (sulfide) groups is 1. The maximum atomic E-state index is 12.0. The van der Waals surface area contributed by atoms with E-state index in [9.17, 15) is 4.79 Å². The molecule has 0 bridgehead atoms. The van der Waals surface area contributed by atoms with Crippen LogP contribution in [0.5, 0.6) is 0 Å². The molecule has 1 atom stereocenters. The van der Waals surface area contributed by atoms with E-state index in [1.54, 1.807) is 11.8 Å². The quantitative estimate of drug-likeness (QED) is 0.833. The number of rotatable bonds is 4. The third kappa shape index (κ3) is 2.64. The summed E-state index contributed by atoms with van der Waals surface area (Å²) in [6.07, 6.45) is 0.585. The number of hydrogen-bond acceptors (Lipinski definition) is 3. The first-order valence-corrected chi connectivity index (χ1v) is 6.97. The van der Waals surface area contributed by atoms with Gasteiger partial charge in [-0.3, -0.25) is 4.79 Å². The molecule has 92 valence electrons. The Balaban J connectivity index is 2.25. The van der Waals surface area contributed by atoms with Crippen LogP contribution in [0.25, 0.3) is 0 Å². The van der Waals surface area contributed by atoms with Gasteiger partial charge in [0.1, 0.15) is 0 Å². The van der Waals surface area contributed by atoms with Crippen molar-refractivity contribution in [2.75, 3.05) is 23.7 Å². The fourth-order valence-corrected chi connectivity index (χ4v) is 2.94. The molecule has 1 aliphatic rings. The predicted molar refractivity (Wildman–Crippen MR) is 72.4 cm³/mol. The van der Waals surface area contributed by atoms with Gasteiger partial charge in [-0.05, 0) is 30.3 Å². The lowest BCUT2D eigenvalue weighted by Crippen LogP contribution is -2.26. The number of para-hydroxylation sites is 1. The van der Waals surface area contributed by atoms with Crippen molar-refractivity contribution in [2.24, 2.45) is 11.7 Å². The molecule has 0 aliphatic carbocycles. The van der Waals surface area contributed by atoms with Gasteiger partial charge in [0, 0.05) is 17.9 Å². The number of carbonyl (C=O) groups excluding carboxylic acids is 1. The third-order valence-corrected chi connectivity index (χ3v) is 3.94. The van der Waals surface area contributed by atoms with E-state index in [2.05, 4.69) is 13.0 Å². The molecule has 1 amide bonds. The molecule has 1 unspecified atom stereocenters. The van der Waals surface area contributed by atoms with Crippen LogP contribution in [0.15, 0.2) is 29.2 Å². The molecule has 1 aromatic carbocycles. The number of anilines is 1. The van der Waals surface area contributed by atoms with Gasteiger partial charge in [-0.2, -0.15) is 0 Å². The van der Waals surface area contributed by atoms with Crippen LogP contribution in [-0.4, -0.2) is 24.7 Å². The Morgan fingerprint density at radius 2 is 2.24 bits per heavy atom. The van der Waals surface area contributed by atoms with E-state index >= 15 is 0 Å². The van der Waals surface area contributed by atoms with Crippen LogP contribution in [0.1, 0.15) is 13.3 Å². The molecule has 1 saturated heterocycles. The Kier molecular flexibility index (Phi) is 4.07. The number of nitrogens with two attached hydrogens (primary N) is 1. The summed E-state index contributed by atoms with van der Waals surface area (Å²) in [5.74, 6) is 1.52. The highest BCUT2D eigenvalue weighted by Gasteiger charge is 2.30. The summed E-state index contributed by atoms with van der Waals surface area (Å²) in [4.78, 5) is 15.0. The summed E-state index contributed by atoms with van der Waals surface area (Å²) in [7, 11) is 0. The molecule has 0 saturated carbocycles. The molecule has 1 heterocycles. The van der Waals surface area contributed by atoms with Gasteiger partial charge >= 0.3 is 0 Å². The van der Waals surface area contributed by atoms with Crippen LogP contribution in [-0.2, 0) is 4.79 Å². The highest BCUT2D eigenvalue weighted by atomic mass is 32.2. The first-order chi connectivity index (χ1) is 8.26. The fourth-order valence-electron chi connectivity index (χ4n) is 2.13. The van der Waals surface area contributed by atoms with Gasteiger partial charge < -0.3 is 10.6 Å². The van der Waals surface area contributed by atoms with Gasteiger partial charge in [-0.25, -0.2) is 0 Å². The lowest BCUT2D eigenvalue weighted by molar-refractivity contribution is -0.117. The zero-order valence-corrected chi connectivity index (χ0v) is 10.9. The zero-order valence-electron chi connectivity index (χ0n) is 10.1. The van der Waals surface area contributed by atoms with Crippen LogP contribution >= 0.6 is 11.8 Å². The topological polar surface area (TPSA) is 46.3 Å². The molecule has 4 heteroatoms. The van der Waals surface area contributed by atoms with E-state index < -0.39 is 0 Å². The second-order valence-electron chi connectivity index (χ2n) is 4.21. The van der Waals surface area contributed by atoms with E-state index in [1.807, 2.05) is 23.1 Å². The SMILES string of the molecule is CCSc1ccccc1N1CC(CN)CC1=O. The van der Waals surface area contributed by atoms with Crippen molar-refractivity contribution >= 4 is 23.4 Å². The Hall–Kier alpha value is -1.00. The van der Waals surface area contributed by atoms with Gasteiger partial charge in [0.2, 0.25) is 5.91 Å². The number of benzene rings is 1. The molecule has 17 heavy (non-hydrogen) atoms. The Bertz CT molecular complexity index is 408. The average Bonchev–Trinajstić information content (AvgIpc) is 2.72. The molecule has 2 rings (SSSR count). The monoisotopic (exact) mass is 250 g/mol. The second-order valence-corrected chi connectivity index (χ2v) is 5.52. The number of hydrogen-bond donors (Lipinski definition) is 1. The molecule has 1 aromatic rings. The minimum atomic E-state index is 0.199. The largest absolute Gasteiger partial charge is 0.330 e. The molecule has 3 nitrogen and oxygen atoms in total. The fraction of sp³-hybridized carbons (Fsp3) is 0.462. The van der Waals surface area contributed by atoms with Crippen molar-refractivity contribution in [1.82, 2.24) is 0 Å². The lowest BCUT2D eigenvalue weighted by Gasteiger charge is -2.19. The molecular formula is C13H18N2OS. The molecule has 0 radical (unpaired) electrons. The molecule has 1 aliphatic heterocycles. The van der Waals surface area contributed by atoms with Crippen molar-refractivity contribution in [2.45, 2.75) is 18.2 Å². The standard InChI is InChI=1S/C13H18N2OS/c1-2-17-12-6-4-3-5-11(12)15-9-10(8-14)7-13(15)16/h3-6,10H,2,7-9,14H2,1H3. The minimum Gasteiger partial charge on any atom is -0.330 e. The molecule has 2 N–H and O–H groups in total. The number of amides is 1. The number of carbonyl (C=O) groups is 1. The van der Waals surface area contributed by atoms with Crippen molar-refractivity contribution in [3.63, 3.8) is 0 Å². The number of nitrogens with zero attached hydrogens (tertiary/aromatic N) is 1. The van der Waals surface area contributed by atoms with Crippen LogP contribution in [0.3, 0.4) is 0 Å². The van der Waals surface area contributed by atoms with Crippen molar-refractivity contribution in [1.29, 1.82) is 0 Å². The molecule has 0 aromatic heterocycles. The second kappa shape index (κ2) is 5.56. The highest BCUT2D eigenvalue weighted by molar-refractivity contribution is 7.99.